The quantitative estimate of drug-likeness (QED) is 0.436. The second-order valence-corrected chi connectivity index (χ2v) is 10.1. The van der Waals surface area contributed by atoms with Gasteiger partial charge < -0.3 is 10.4 Å². The molecule has 1 fully saturated rings. The number of hydrogen-bond acceptors (Lipinski definition) is 5. The number of thiazole rings is 1. The Balaban J connectivity index is 1.43. The molecule has 156 valence electrons. The predicted molar refractivity (Wildman–Crippen MR) is 122 cm³/mol. The van der Waals surface area contributed by atoms with Gasteiger partial charge in [0.25, 0.3) is 0 Å². The van der Waals surface area contributed by atoms with Gasteiger partial charge in [0.1, 0.15) is 0 Å². The summed E-state index contributed by atoms with van der Waals surface area (Å²) in [7, 11) is 0. The van der Waals surface area contributed by atoms with Gasteiger partial charge >= 0.3 is 5.97 Å². The van der Waals surface area contributed by atoms with Crippen molar-refractivity contribution in [3.63, 3.8) is 0 Å². The highest BCUT2D eigenvalue weighted by molar-refractivity contribution is 8.00. The first kappa shape index (κ1) is 21.2. The van der Waals surface area contributed by atoms with Crippen LogP contribution in [0.5, 0.6) is 0 Å². The van der Waals surface area contributed by atoms with Crippen LogP contribution in [0.2, 0.25) is 5.02 Å². The minimum Gasteiger partial charge on any atom is -0.481 e. The molecule has 0 radical (unpaired) electrons. The van der Waals surface area contributed by atoms with Crippen molar-refractivity contribution < 1.29 is 14.7 Å². The zero-order valence-electron chi connectivity index (χ0n) is 16.1. The molecule has 0 spiro atoms. The maximum Gasteiger partial charge on any atom is 0.307 e. The highest BCUT2D eigenvalue weighted by atomic mass is 35.5. The lowest BCUT2D eigenvalue weighted by Crippen LogP contribution is -2.36. The summed E-state index contributed by atoms with van der Waals surface area (Å²) in [6.45, 7) is 0. The lowest BCUT2D eigenvalue weighted by Gasteiger charge is -2.27. The van der Waals surface area contributed by atoms with E-state index in [1.54, 1.807) is 23.1 Å². The zero-order chi connectivity index (χ0) is 21.1. The number of anilines is 1. The Morgan fingerprint density at radius 1 is 1.13 bits per heavy atom. The highest BCUT2D eigenvalue weighted by Gasteiger charge is 2.35. The predicted octanol–water partition coefficient (Wildman–Crippen LogP) is 6.07. The molecule has 0 saturated heterocycles. The fourth-order valence-corrected chi connectivity index (χ4v) is 5.93. The molecule has 2 aromatic carbocycles. The lowest BCUT2D eigenvalue weighted by molar-refractivity contribution is -0.147. The first-order valence-corrected chi connectivity index (χ1v) is 12.0. The first-order chi connectivity index (χ1) is 14.5. The van der Waals surface area contributed by atoms with Crippen LogP contribution in [0.3, 0.4) is 0 Å². The third kappa shape index (κ3) is 4.96. The van der Waals surface area contributed by atoms with E-state index in [4.69, 9.17) is 11.6 Å². The Morgan fingerprint density at radius 3 is 2.60 bits per heavy atom. The Bertz CT molecular complexity index is 1070. The van der Waals surface area contributed by atoms with Crippen molar-refractivity contribution >= 4 is 62.5 Å². The smallest absolute Gasteiger partial charge is 0.307 e. The van der Waals surface area contributed by atoms with Gasteiger partial charge in [0, 0.05) is 16.5 Å². The molecule has 3 aromatic rings. The maximum atomic E-state index is 12.7. The van der Waals surface area contributed by atoms with Crippen LogP contribution in [0.15, 0.2) is 46.8 Å². The van der Waals surface area contributed by atoms with Gasteiger partial charge in [-0.1, -0.05) is 48.3 Å². The van der Waals surface area contributed by atoms with Crippen molar-refractivity contribution in [3.05, 3.63) is 53.1 Å². The van der Waals surface area contributed by atoms with Gasteiger partial charge in [0.05, 0.1) is 22.1 Å². The average Bonchev–Trinajstić information content (AvgIpc) is 3.15. The third-order valence-electron chi connectivity index (χ3n) is 5.33. The van der Waals surface area contributed by atoms with E-state index >= 15 is 0 Å². The average molecular weight is 461 g/mol. The van der Waals surface area contributed by atoms with Crippen LogP contribution >= 0.6 is 34.7 Å². The molecule has 5 nitrogen and oxygen atoms in total. The van der Waals surface area contributed by atoms with E-state index in [9.17, 15) is 14.7 Å². The van der Waals surface area contributed by atoms with Gasteiger partial charge in [-0.25, -0.2) is 4.98 Å². The van der Waals surface area contributed by atoms with Gasteiger partial charge in [-0.05, 0) is 48.7 Å². The molecular weight excluding hydrogens is 440 g/mol. The van der Waals surface area contributed by atoms with E-state index in [0.717, 1.165) is 38.2 Å². The van der Waals surface area contributed by atoms with E-state index in [2.05, 4.69) is 10.3 Å². The van der Waals surface area contributed by atoms with Crippen LogP contribution in [0.4, 0.5) is 5.69 Å². The number of rotatable bonds is 6. The molecule has 2 N–H and O–H groups in total. The van der Waals surface area contributed by atoms with Gasteiger partial charge in [-0.15, -0.1) is 11.3 Å². The third-order valence-corrected chi connectivity index (χ3v) is 7.82. The molecule has 2 atom stereocenters. The molecular formula is C22H21ClN2O3S2. The van der Waals surface area contributed by atoms with Crippen LogP contribution in [0.25, 0.3) is 10.2 Å². The van der Waals surface area contributed by atoms with Gasteiger partial charge in [0.15, 0.2) is 4.34 Å². The number of hydrogen-bond donors (Lipinski definition) is 2. The minimum absolute atomic E-state index is 0.205. The van der Waals surface area contributed by atoms with Crippen molar-refractivity contribution in [1.82, 2.24) is 4.98 Å². The molecule has 1 aliphatic rings. The number of benzene rings is 2. The van der Waals surface area contributed by atoms with Crippen molar-refractivity contribution in [1.29, 1.82) is 0 Å². The number of nitrogens with zero attached hydrogens (tertiary/aromatic N) is 1. The Morgan fingerprint density at radius 2 is 1.87 bits per heavy atom. The fraction of sp³-hybridized carbons (Fsp3) is 0.318. The summed E-state index contributed by atoms with van der Waals surface area (Å²) >= 11 is 9.18. The van der Waals surface area contributed by atoms with E-state index in [1.165, 1.54) is 5.56 Å². The Kier molecular flexibility index (Phi) is 6.61. The van der Waals surface area contributed by atoms with Crippen LogP contribution in [0, 0.1) is 11.8 Å². The highest BCUT2D eigenvalue weighted by Crippen LogP contribution is 2.34. The van der Waals surface area contributed by atoms with Crippen LogP contribution in [-0.2, 0) is 15.3 Å². The van der Waals surface area contributed by atoms with Crippen molar-refractivity contribution in [2.45, 2.75) is 35.8 Å². The minimum atomic E-state index is -0.880. The Hall–Kier alpha value is -2.09. The van der Waals surface area contributed by atoms with Crippen LogP contribution in [-0.4, -0.2) is 22.0 Å². The van der Waals surface area contributed by atoms with E-state index in [1.807, 2.05) is 42.5 Å². The summed E-state index contributed by atoms with van der Waals surface area (Å²) in [6.07, 6.45) is 2.95. The summed E-state index contributed by atoms with van der Waals surface area (Å²) in [4.78, 5) is 28.8. The number of carboxylic acid groups (broad SMARTS) is 1. The molecule has 1 aliphatic carbocycles. The number of fused-ring (bicyclic) bond motifs is 1. The number of carbonyl (C=O) groups excluding carboxylic acids is 1. The Labute approximate surface area is 187 Å². The number of aromatic nitrogens is 1. The summed E-state index contributed by atoms with van der Waals surface area (Å²) in [5, 5.41) is 13.1. The first-order valence-electron chi connectivity index (χ1n) is 9.81. The summed E-state index contributed by atoms with van der Waals surface area (Å²) in [5.41, 5.74) is 2.75. The second-order valence-electron chi connectivity index (χ2n) is 7.40. The topological polar surface area (TPSA) is 79.3 Å². The molecule has 0 bridgehead atoms. The monoisotopic (exact) mass is 460 g/mol. The number of nitrogens with one attached hydrogen (secondary N) is 1. The molecule has 1 saturated carbocycles. The molecule has 1 aromatic heterocycles. The number of aliphatic carboxylic acids is 1. The molecule has 1 heterocycles. The van der Waals surface area contributed by atoms with E-state index in [0.29, 0.717) is 18.5 Å². The van der Waals surface area contributed by atoms with Crippen LogP contribution in [0.1, 0.15) is 31.2 Å². The molecule has 8 heteroatoms. The molecule has 30 heavy (non-hydrogen) atoms. The van der Waals surface area contributed by atoms with Crippen LogP contribution < -0.4 is 5.32 Å². The number of halogens is 1. The maximum absolute atomic E-state index is 12.7. The van der Waals surface area contributed by atoms with Crippen molar-refractivity contribution in [2.24, 2.45) is 11.8 Å². The number of thioether (sulfide) groups is 1. The SMILES string of the molecule is O=C(O)[C@H]1CCCC[C@H]1C(=O)Nc1ccc2nc(SCc3ccc(Cl)cc3)sc2c1. The summed E-state index contributed by atoms with van der Waals surface area (Å²) in [5.74, 6) is -1.35. The van der Waals surface area contributed by atoms with E-state index < -0.39 is 17.8 Å². The molecule has 0 unspecified atom stereocenters. The van der Waals surface area contributed by atoms with Gasteiger partial charge in [0.2, 0.25) is 5.91 Å². The van der Waals surface area contributed by atoms with Crippen molar-refractivity contribution in [3.8, 4) is 0 Å². The van der Waals surface area contributed by atoms with Crippen molar-refractivity contribution in [2.75, 3.05) is 5.32 Å². The summed E-state index contributed by atoms with van der Waals surface area (Å²) < 4.78 is 1.95. The largest absolute Gasteiger partial charge is 0.481 e. The van der Waals surface area contributed by atoms with E-state index in [-0.39, 0.29) is 5.91 Å². The molecule has 0 aliphatic heterocycles. The number of carboxylic acids is 1. The number of amides is 1. The van der Waals surface area contributed by atoms with Gasteiger partial charge in [-0.3, -0.25) is 9.59 Å². The second kappa shape index (κ2) is 9.37. The van der Waals surface area contributed by atoms with Gasteiger partial charge in [-0.2, -0.15) is 0 Å². The number of carbonyl (C=O) groups is 2. The standard InChI is InChI=1S/C22H21ClN2O3S2/c23-14-7-5-13(6-8-14)12-29-22-25-18-10-9-15(11-19(18)30-22)24-20(26)16-3-1-2-4-17(16)21(27)28/h5-11,16-17H,1-4,12H2,(H,24,26)(H,27,28)/t16-,17+/m1/s1. The lowest BCUT2D eigenvalue weighted by atomic mass is 9.78. The summed E-state index contributed by atoms with van der Waals surface area (Å²) in [6, 6.07) is 13.4. The zero-order valence-corrected chi connectivity index (χ0v) is 18.5. The normalized spacial score (nSPS) is 19.0. The molecule has 4 rings (SSSR count). The molecule has 1 amide bonds. The fourth-order valence-electron chi connectivity index (χ4n) is 3.74.